The Bertz CT molecular complexity index is 771. The molecular weight excluding hydrogens is 285 g/mol. The molecule has 0 fully saturated rings. The van der Waals surface area contributed by atoms with Crippen LogP contribution >= 0.6 is 0 Å². The molecular formula is C15H12FN5O. The highest BCUT2D eigenvalue weighted by atomic mass is 19.1. The van der Waals surface area contributed by atoms with Gasteiger partial charge >= 0.3 is 0 Å². The molecule has 0 atom stereocenters. The molecule has 0 unspecified atom stereocenters. The van der Waals surface area contributed by atoms with Gasteiger partial charge in [-0.1, -0.05) is 18.2 Å². The molecule has 110 valence electrons. The predicted molar refractivity (Wildman–Crippen MR) is 76.7 cm³/mol. The number of hydrogen-bond acceptors (Lipinski definition) is 4. The standard InChI is InChI=1S/C15H12FN5O/c16-12-5-2-1-4-11(12)10-17-15(22)13-6-7-14(20-19-13)21-9-3-8-18-21/h1-9H,10H2,(H,17,22). The maximum atomic E-state index is 13.5. The smallest absolute Gasteiger partial charge is 0.272 e. The van der Waals surface area contributed by atoms with Gasteiger partial charge in [-0.25, -0.2) is 9.07 Å². The second-order valence-electron chi connectivity index (χ2n) is 4.50. The van der Waals surface area contributed by atoms with Gasteiger partial charge in [-0.15, -0.1) is 10.2 Å². The quantitative estimate of drug-likeness (QED) is 0.796. The van der Waals surface area contributed by atoms with E-state index in [1.54, 1.807) is 48.8 Å². The van der Waals surface area contributed by atoms with E-state index in [4.69, 9.17) is 0 Å². The van der Waals surface area contributed by atoms with Crippen molar-refractivity contribution >= 4 is 5.91 Å². The molecule has 2 aromatic heterocycles. The van der Waals surface area contributed by atoms with Gasteiger partial charge in [0.15, 0.2) is 11.5 Å². The van der Waals surface area contributed by atoms with Crippen LogP contribution in [0.4, 0.5) is 4.39 Å². The summed E-state index contributed by atoms with van der Waals surface area (Å²) in [6.07, 6.45) is 3.35. The number of aromatic nitrogens is 4. The number of carbonyl (C=O) groups is 1. The molecule has 0 aliphatic heterocycles. The van der Waals surface area contributed by atoms with Crippen LogP contribution in [-0.4, -0.2) is 25.9 Å². The number of benzene rings is 1. The Kier molecular flexibility index (Phi) is 3.86. The molecule has 7 heteroatoms. The van der Waals surface area contributed by atoms with Crippen molar-refractivity contribution in [3.05, 3.63) is 71.9 Å². The van der Waals surface area contributed by atoms with Crippen LogP contribution in [0.25, 0.3) is 5.82 Å². The molecule has 1 aromatic carbocycles. The molecule has 0 saturated carbocycles. The van der Waals surface area contributed by atoms with Crippen molar-refractivity contribution in [1.82, 2.24) is 25.3 Å². The van der Waals surface area contributed by atoms with Crippen molar-refractivity contribution in [1.29, 1.82) is 0 Å². The summed E-state index contributed by atoms with van der Waals surface area (Å²) in [4.78, 5) is 12.0. The number of rotatable bonds is 4. The third kappa shape index (κ3) is 2.98. The summed E-state index contributed by atoms with van der Waals surface area (Å²) in [6, 6.07) is 11.2. The largest absolute Gasteiger partial charge is 0.346 e. The molecule has 0 saturated heterocycles. The molecule has 0 aliphatic rings. The van der Waals surface area contributed by atoms with Crippen molar-refractivity contribution in [2.75, 3.05) is 0 Å². The van der Waals surface area contributed by atoms with E-state index < -0.39 is 5.91 Å². The van der Waals surface area contributed by atoms with Crippen LogP contribution in [0.5, 0.6) is 0 Å². The van der Waals surface area contributed by atoms with Crippen molar-refractivity contribution in [3.63, 3.8) is 0 Å². The molecule has 3 rings (SSSR count). The van der Waals surface area contributed by atoms with Crippen LogP contribution < -0.4 is 5.32 Å². The highest BCUT2D eigenvalue weighted by Crippen LogP contribution is 2.06. The highest BCUT2D eigenvalue weighted by molar-refractivity contribution is 5.92. The van der Waals surface area contributed by atoms with Crippen molar-refractivity contribution < 1.29 is 9.18 Å². The lowest BCUT2D eigenvalue weighted by molar-refractivity contribution is 0.0944. The number of nitrogens with one attached hydrogen (secondary N) is 1. The first kappa shape index (κ1) is 13.9. The molecule has 22 heavy (non-hydrogen) atoms. The second-order valence-corrected chi connectivity index (χ2v) is 4.50. The minimum Gasteiger partial charge on any atom is -0.346 e. The number of halogens is 1. The van der Waals surface area contributed by atoms with Gasteiger partial charge in [0, 0.05) is 24.5 Å². The number of carbonyl (C=O) groups excluding carboxylic acids is 1. The van der Waals surface area contributed by atoms with E-state index in [0.717, 1.165) is 0 Å². The van der Waals surface area contributed by atoms with Gasteiger partial charge in [-0.2, -0.15) is 5.10 Å². The highest BCUT2D eigenvalue weighted by Gasteiger charge is 2.10. The van der Waals surface area contributed by atoms with E-state index in [1.807, 2.05) is 0 Å². The average Bonchev–Trinajstić information content (AvgIpc) is 3.08. The lowest BCUT2D eigenvalue weighted by atomic mass is 10.2. The SMILES string of the molecule is O=C(NCc1ccccc1F)c1ccc(-n2cccn2)nn1. The van der Waals surface area contributed by atoms with E-state index in [1.165, 1.54) is 10.7 Å². The van der Waals surface area contributed by atoms with E-state index in [0.29, 0.717) is 11.4 Å². The fourth-order valence-corrected chi connectivity index (χ4v) is 1.88. The topological polar surface area (TPSA) is 72.7 Å². The van der Waals surface area contributed by atoms with Gasteiger partial charge in [-0.05, 0) is 24.3 Å². The minimum absolute atomic E-state index is 0.0914. The third-order valence-electron chi connectivity index (χ3n) is 3.02. The minimum atomic E-state index is -0.414. The molecule has 0 spiro atoms. The Morgan fingerprint density at radius 1 is 1.14 bits per heavy atom. The third-order valence-corrected chi connectivity index (χ3v) is 3.02. The average molecular weight is 297 g/mol. The zero-order valence-electron chi connectivity index (χ0n) is 11.5. The van der Waals surface area contributed by atoms with Crippen LogP contribution in [0.3, 0.4) is 0 Å². The number of amides is 1. The zero-order valence-corrected chi connectivity index (χ0v) is 11.5. The van der Waals surface area contributed by atoms with Gasteiger partial charge in [-0.3, -0.25) is 4.79 Å². The van der Waals surface area contributed by atoms with Gasteiger partial charge in [0.2, 0.25) is 0 Å². The van der Waals surface area contributed by atoms with Crippen molar-refractivity contribution in [2.24, 2.45) is 0 Å². The second kappa shape index (κ2) is 6.13. The van der Waals surface area contributed by atoms with E-state index in [-0.39, 0.29) is 18.1 Å². The molecule has 1 amide bonds. The number of hydrogen-bond donors (Lipinski definition) is 1. The molecule has 1 N–H and O–H groups in total. The Morgan fingerprint density at radius 2 is 2.00 bits per heavy atom. The molecule has 3 aromatic rings. The summed E-state index contributed by atoms with van der Waals surface area (Å²) in [5.74, 6) is -0.263. The molecule has 0 bridgehead atoms. The first-order chi connectivity index (χ1) is 10.7. The van der Waals surface area contributed by atoms with Gasteiger partial charge in [0.05, 0.1) is 0 Å². The zero-order chi connectivity index (χ0) is 15.4. The summed E-state index contributed by atoms with van der Waals surface area (Å²) < 4.78 is 15.0. The van der Waals surface area contributed by atoms with E-state index >= 15 is 0 Å². The monoisotopic (exact) mass is 297 g/mol. The molecule has 0 radical (unpaired) electrons. The summed E-state index contributed by atoms with van der Waals surface area (Å²) in [7, 11) is 0. The predicted octanol–water partition coefficient (Wildman–Crippen LogP) is 1.73. The van der Waals surface area contributed by atoms with Gasteiger partial charge in [0.1, 0.15) is 5.82 Å². The van der Waals surface area contributed by atoms with Crippen LogP contribution in [0.15, 0.2) is 54.9 Å². The molecule has 2 heterocycles. The normalized spacial score (nSPS) is 10.4. The Hall–Kier alpha value is -3.09. The summed E-state index contributed by atoms with van der Waals surface area (Å²) in [5, 5.41) is 14.4. The molecule has 6 nitrogen and oxygen atoms in total. The summed E-state index contributed by atoms with van der Waals surface area (Å²) in [5.41, 5.74) is 0.573. The maximum absolute atomic E-state index is 13.5. The Balaban J connectivity index is 1.67. The number of nitrogens with zero attached hydrogens (tertiary/aromatic N) is 4. The summed E-state index contributed by atoms with van der Waals surface area (Å²) in [6.45, 7) is 0.0914. The Labute approximate surface area is 125 Å². The van der Waals surface area contributed by atoms with Crippen molar-refractivity contribution in [2.45, 2.75) is 6.54 Å². The fraction of sp³-hybridized carbons (Fsp3) is 0.0667. The lowest BCUT2D eigenvalue weighted by Crippen LogP contribution is -2.24. The van der Waals surface area contributed by atoms with Crippen LogP contribution in [-0.2, 0) is 6.54 Å². The maximum Gasteiger partial charge on any atom is 0.272 e. The van der Waals surface area contributed by atoms with E-state index in [2.05, 4.69) is 20.6 Å². The molecule has 0 aliphatic carbocycles. The first-order valence-corrected chi connectivity index (χ1v) is 6.59. The van der Waals surface area contributed by atoms with Crippen molar-refractivity contribution in [3.8, 4) is 5.82 Å². The van der Waals surface area contributed by atoms with Crippen LogP contribution in [0.1, 0.15) is 16.1 Å². The van der Waals surface area contributed by atoms with Crippen LogP contribution in [0.2, 0.25) is 0 Å². The van der Waals surface area contributed by atoms with E-state index in [9.17, 15) is 9.18 Å². The fourth-order valence-electron chi connectivity index (χ4n) is 1.88. The van der Waals surface area contributed by atoms with Crippen LogP contribution in [0, 0.1) is 5.82 Å². The summed E-state index contributed by atoms with van der Waals surface area (Å²) >= 11 is 0. The van der Waals surface area contributed by atoms with Gasteiger partial charge in [0.25, 0.3) is 5.91 Å². The Morgan fingerprint density at radius 3 is 2.68 bits per heavy atom. The first-order valence-electron chi connectivity index (χ1n) is 6.59. The lowest BCUT2D eigenvalue weighted by Gasteiger charge is -2.06. The van der Waals surface area contributed by atoms with Gasteiger partial charge < -0.3 is 5.32 Å².